The smallest absolute Gasteiger partial charge is 0.416 e. The van der Waals surface area contributed by atoms with E-state index in [1.807, 2.05) is 6.08 Å². The molecule has 2 aromatic heterocycles. The Kier molecular flexibility index (Phi) is 8.55. The molecule has 0 fully saturated rings. The van der Waals surface area contributed by atoms with Crippen LogP contribution in [0.1, 0.15) is 57.0 Å². The number of carbonyl (C=O) groups excluding carboxylic acids is 2. The minimum absolute atomic E-state index is 0.0174. The number of halogens is 5. The minimum atomic E-state index is -4.59. The van der Waals surface area contributed by atoms with Gasteiger partial charge in [-0.2, -0.15) is 22.7 Å². The van der Waals surface area contributed by atoms with E-state index in [0.717, 1.165) is 22.7 Å². The van der Waals surface area contributed by atoms with Crippen LogP contribution in [0.3, 0.4) is 0 Å². The number of nitrogens with one attached hydrogen (secondary N) is 1. The van der Waals surface area contributed by atoms with Crippen LogP contribution >= 0.6 is 27.5 Å². The van der Waals surface area contributed by atoms with E-state index in [4.69, 9.17) is 16.3 Å². The molecule has 1 N–H and O–H groups in total. The molecule has 1 aromatic carbocycles. The van der Waals surface area contributed by atoms with Crippen LogP contribution in [-0.2, 0) is 28.7 Å². The number of rotatable bonds is 5. The van der Waals surface area contributed by atoms with Crippen LogP contribution in [-0.4, -0.2) is 48.2 Å². The number of aromatic nitrogens is 4. The molecule has 0 aliphatic carbocycles. The number of ether oxygens (including phenoxy) is 1. The first kappa shape index (κ1) is 30.6. The van der Waals surface area contributed by atoms with Crippen LogP contribution in [0.25, 0.3) is 5.78 Å². The average molecular weight is 660 g/mol. The lowest BCUT2D eigenvalue weighted by molar-refractivity contribution is -0.137. The molecule has 1 aliphatic rings. The lowest BCUT2D eigenvalue weighted by atomic mass is 9.97. The molecule has 10 nitrogen and oxygen atoms in total. The molecule has 41 heavy (non-hydrogen) atoms. The predicted molar refractivity (Wildman–Crippen MR) is 149 cm³/mol. The van der Waals surface area contributed by atoms with Crippen molar-refractivity contribution in [3.05, 3.63) is 67.3 Å². The molecule has 0 bridgehead atoms. The molecule has 1 atom stereocenters. The van der Waals surface area contributed by atoms with E-state index in [1.54, 1.807) is 33.8 Å². The third kappa shape index (κ3) is 6.58. The first-order valence-corrected chi connectivity index (χ1v) is 13.8. The van der Waals surface area contributed by atoms with E-state index >= 15 is 0 Å². The lowest BCUT2D eigenvalue weighted by Crippen LogP contribution is -2.44. The van der Waals surface area contributed by atoms with Gasteiger partial charge >= 0.3 is 12.3 Å². The Labute approximate surface area is 246 Å². The Hall–Kier alpha value is -3.39. The number of hydrogen-bond acceptors (Lipinski definition) is 6. The molecule has 1 unspecified atom stereocenters. The van der Waals surface area contributed by atoms with Gasteiger partial charge in [-0.1, -0.05) is 30.7 Å². The maximum Gasteiger partial charge on any atom is 0.416 e. The number of alkyl halides is 3. The summed E-state index contributed by atoms with van der Waals surface area (Å²) in [6.07, 6.45) is -0.943. The normalized spacial score (nSPS) is 15.8. The van der Waals surface area contributed by atoms with E-state index < -0.39 is 40.9 Å². The first-order valence-electron chi connectivity index (χ1n) is 12.6. The number of hydrogen-bond donors (Lipinski definition) is 1. The van der Waals surface area contributed by atoms with Crippen LogP contribution < -0.4 is 10.9 Å². The number of nitrogens with zero attached hydrogens (tertiary/aromatic N) is 5. The maximum atomic E-state index is 13.8. The van der Waals surface area contributed by atoms with Crippen molar-refractivity contribution in [1.82, 2.24) is 24.1 Å². The molecule has 0 saturated heterocycles. The summed E-state index contributed by atoms with van der Waals surface area (Å²) >= 11 is 9.21. The van der Waals surface area contributed by atoms with Crippen molar-refractivity contribution in [3.8, 4) is 0 Å². The summed E-state index contributed by atoms with van der Waals surface area (Å²) < 4.78 is 47.3. The second-order valence-electron chi connectivity index (χ2n) is 10.3. The highest BCUT2D eigenvalue weighted by Gasteiger charge is 2.35. The van der Waals surface area contributed by atoms with Crippen molar-refractivity contribution >= 4 is 51.0 Å². The molecule has 0 radical (unpaired) electrons. The summed E-state index contributed by atoms with van der Waals surface area (Å²) in [6, 6.07) is 1.88. The summed E-state index contributed by atoms with van der Waals surface area (Å²) in [7, 11) is 0. The molecule has 2 amide bonds. The fraction of sp³-hybridized carbons (Fsp3) is 0.423. The maximum absolute atomic E-state index is 13.8. The highest BCUT2D eigenvalue weighted by Crippen LogP contribution is 2.34. The summed E-state index contributed by atoms with van der Waals surface area (Å²) in [5, 5.41) is 6.38. The monoisotopic (exact) mass is 658 g/mol. The predicted octanol–water partition coefficient (Wildman–Crippen LogP) is 5.76. The molecule has 15 heteroatoms. The molecular weight excluding hydrogens is 633 g/mol. The number of carbonyl (C=O) groups is 2. The first-order chi connectivity index (χ1) is 19.1. The fourth-order valence-corrected chi connectivity index (χ4v) is 5.11. The third-order valence-electron chi connectivity index (χ3n) is 6.24. The van der Waals surface area contributed by atoms with Crippen LogP contribution in [0, 0.1) is 0 Å². The molecule has 4 rings (SSSR count). The highest BCUT2D eigenvalue weighted by molar-refractivity contribution is 9.10. The van der Waals surface area contributed by atoms with Gasteiger partial charge in [0, 0.05) is 12.2 Å². The SMILES string of the molecule is CCc1c(C2CC=CCN2C(=O)OC(C)(C)C)c(=O)n2nc(Br)nc2n1CC(=O)Nc1ccc(C(F)(F)F)cc1Cl. The second kappa shape index (κ2) is 11.5. The van der Waals surface area contributed by atoms with E-state index in [9.17, 15) is 27.6 Å². The van der Waals surface area contributed by atoms with Crippen LogP contribution in [0.4, 0.5) is 23.7 Å². The number of amides is 2. The van der Waals surface area contributed by atoms with Crippen molar-refractivity contribution < 1.29 is 27.5 Å². The summed E-state index contributed by atoms with van der Waals surface area (Å²) in [5.41, 5.74) is -1.57. The average Bonchev–Trinajstić information content (AvgIpc) is 3.27. The largest absolute Gasteiger partial charge is 0.444 e. The zero-order valence-corrected chi connectivity index (χ0v) is 24.9. The quantitative estimate of drug-likeness (QED) is 0.349. The zero-order valence-electron chi connectivity index (χ0n) is 22.6. The van der Waals surface area contributed by atoms with Gasteiger partial charge in [-0.05, 0) is 67.7 Å². The zero-order chi connectivity index (χ0) is 30.3. The molecular formula is C26H27BrClF3N6O4. The van der Waals surface area contributed by atoms with Gasteiger partial charge in [-0.15, -0.1) is 5.10 Å². The van der Waals surface area contributed by atoms with Gasteiger partial charge in [0.2, 0.25) is 16.4 Å². The fourth-order valence-electron chi connectivity index (χ4n) is 4.57. The van der Waals surface area contributed by atoms with Gasteiger partial charge in [-0.25, -0.2) is 4.79 Å². The van der Waals surface area contributed by atoms with Gasteiger partial charge < -0.3 is 14.6 Å². The number of anilines is 1. The van der Waals surface area contributed by atoms with E-state index in [-0.39, 0.29) is 46.3 Å². The lowest BCUT2D eigenvalue weighted by Gasteiger charge is -2.35. The Morgan fingerprint density at radius 3 is 2.54 bits per heavy atom. The third-order valence-corrected chi connectivity index (χ3v) is 6.89. The van der Waals surface area contributed by atoms with Crippen LogP contribution in [0.2, 0.25) is 5.02 Å². The molecule has 220 valence electrons. The molecule has 3 aromatic rings. The Bertz CT molecular complexity index is 1590. The van der Waals surface area contributed by atoms with Gasteiger partial charge in [0.05, 0.1) is 27.9 Å². The number of fused-ring (bicyclic) bond motifs is 1. The molecule has 1 aliphatic heterocycles. The standard InChI is InChI=1S/C26H27BrClF3N6O4/c1-5-17-20(18-8-6-7-11-35(18)24(40)41-25(2,3)4)21(39)37-23(33-22(27)34-37)36(17)13-19(38)32-16-10-9-14(12-15(16)28)26(29,30)31/h6-7,9-10,12,18H,5,8,11,13H2,1-4H3,(H,32,38). The van der Waals surface area contributed by atoms with Crippen molar-refractivity contribution in [2.24, 2.45) is 0 Å². The van der Waals surface area contributed by atoms with Crippen LogP contribution in [0.15, 0.2) is 39.9 Å². The van der Waals surface area contributed by atoms with Crippen molar-refractivity contribution in [3.63, 3.8) is 0 Å². The van der Waals surface area contributed by atoms with Gasteiger partial charge in [0.1, 0.15) is 12.1 Å². The topological polar surface area (TPSA) is 111 Å². The Morgan fingerprint density at radius 2 is 1.93 bits per heavy atom. The Morgan fingerprint density at radius 1 is 1.22 bits per heavy atom. The van der Waals surface area contributed by atoms with Crippen molar-refractivity contribution in [1.29, 1.82) is 0 Å². The van der Waals surface area contributed by atoms with Crippen molar-refractivity contribution in [2.45, 2.75) is 64.9 Å². The minimum Gasteiger partial charge on any atom is -0.444 e. The van der Waals surface area contributed by atoms with Crippen molar-refractivity contribution in [2.75, 3.05) is 11.9 Å². The van der Waals surface area contributed by atoms with Gasteiger partial charge in [-0.3, -0.25) is 14.5 Å². The molecule has 0 spiro atoms. The van der Waals surface area contributed by atoms with E-state index in [1.165, 1.54) is 9.47 Å². The molecule has 3 heterocycles. The molecule has 0 saturated carbocycles. The van der Waals surface area contributed by atoms with Crippen LogP contribution in [0.5, 0.6) is 0 Å². The van der Waals surface area contributed by atoms with Gasteiger partial charge in [0.25, 0.3) is 5.56 Å². The second-order valence-corrected chi connectivity index (χ2v) is 11.4. The summed E-state index contributed by atoms with van der Waals surface area (Å²) in [5.74, 6) is -0.573. The summed E-state index contributed by atoms with van der Waals surface area (Å²) in [6.45, 7) is 6.84. The summed E-state index contributed by atoms with van der Waals surface area (Å²) in [4.78, 5) is 45.8. The number of benzene rings is 1. The Balaban J connectivity index is 1.77. The van der Waals surface area contributed by atoms with E-state index in [2.05, 4.69) is 31.3 Å². The van der Waals surface area contributed by atoms with Gasteiger partial charge in [0.15, 0.2) is 0 Å². The van der Waals surface area contributed by atoms with E-state index in [0.29, 0.717) is 12.1 Å². The highest BCUT2D eigenvalue weighted by atomic mass is 79.9.